The van der Waals surface area contributed by atoms with Gasteiger partial charge in [-0.2, -0.15) is 0 Å². The van der Waals surface area contributed by atoms with Gasteiger partial charge in [0.25, 0.3) is 5.89 Å². The highest BCUT2D eigenvalue weighted by Crippen LogP contribution is 2.31. The summed E-state index contributed by atoms with van der Waals surface area (Å²) in [7, 11) is 1.50. The Kier molecular flexibility index (Phi) is 4.90. The normalized spacial score (nSPS) is 10.5. The molecular weight excluding hydrogens is 346 g/mol. The number of aryl methyl sites for hydroxylation is 1. The Balaban J connectivity index is 1.72. The molecule has 3 aromatic rings. The number of methoxy groups -OCH3 is 1. The van der Waals surface area contributed by atoms with E-state index in [1.165, 1.54) is 25.7 Å². The molecule has 1 aromatic carbocycles. The highest BCUT2D eigenvalue weighted by molar-refractivity contribution is 6.31. The molecule has 2 aromatic heterocycles. The Bertz CT molecular complexity index is 898. The van der Waals surface area contributed by atoms with Crippen LogP contribution < -0.4 is 10.1 Å². The maximum atomic E-state index is 12.2. The number of anilines is 1. The fourth-order valence-electron chi connectivity index (χ4n) is 2.10. The average Bonchev–Trinajstić information content (AvgIpc) is 3.07. The fourth-order valence-corrected chi connectivity index (χ4v) is 2.25. The predicted molar refractivity (Wildman–Crippen MR) is 90.4 cm³/mol. The van der Waals surface area contributed by atoms with Gasteiger partial charge < -0.3 is 14.5 Å². The predicted octanol–water partition coefficient (Wildman–Crippen LogP) is 2.68. The van der Waals surface area contributed by atoms with E-state index in [4.69, 9.17) is 20.8 Å². The van der Waals surface area contributed by atoms with E-state index in [1.807, 2.05) is 6.92 Å². The van der Waals surface area contributed by atoms with Gasteiger partial charge in [-0.05, 0) is 18.6 Å². The molecule has 0 saturated heterocycles. The topological polar surface area (TPSA) is 103 Å². The molecule has 0 fully saturated rings. The molecule has 1 amide bonds. The van der Waals surface area contributed by atoms with E-state index < -0.39 is 0 Å². The fraction of sp³-hybridized carbons (Fsp3) is 0.188. The summed E-state index contributed by atoms with van der Waals surface area (Å²) in [5.74, 6) is 0.516. The molecule has 0 spiro atoms. The van der Waals surface area contributed by atoms with Crippen LogP contribution in [0.25, 0.3) is 11.6 Å². The zero-order valence-electron chi connectivity index (χ0n) is 13.5. The summed E-state index contributed by atoms with van der Waals surface area (Å²) < 4.78 is 10.7. The number of rotatable bonds is 5. The van der Waals surface area contributed by atoms with Crippen molar-refractivity contribution in [2.45, 2.75) is 13.3 Å². The molecule has 3 rings (SSSR count). The standard InChI is InChI=1S/C16H14ClN5O3/c1-9-5-11(13(24-2)6-10(9)17)20-14(23)7-15-21-22-16(25-15)12-8-18-3-4-19-12/h3-6,8H,7H2,1-2H3,(H,20,23). The summed E-state index contributed by atoms with van der Waals surface area (Å²) in [6.45, 7) is 1.84. The van der Waals surface area contributed by atoms with Crippen molar-refractivity contribution in [1.29, 1.82) is 0 Å². The molecule has 0 aliphatic heterocycles. The molecule has 128 valence electrons. The number of ether oxygens (including phenoxy) is 1. The van der Waals surface area contributed by atoms with Gasteiger partial charge in [-0.25, -0.2) is 4.98 Å². The largest absolute Gasteiger partial charge is 0.495 e. The van der Waals surface area contributed by atoms with Crippen LogP contribution in [0.15, 0.2) is 35.1 Å². The van der Waals surface area contributed by atoms with Crippen LogP contribution in [0.4, 0.5) is 5.69 Å². The molecular formula is C16H14ClN5O3. The van der Waals surface area contributed by atoms with Gasteiger partial charge >= 0.3 is 0 Å². The first-order valence-electron chi connectivity index (χ1n) is 7.29. The van der Waals surface area contributed by atoms with Crippen LogP contribution in [-0.2, 0) is 11.2 Å². The Morgan fingerprint density at radius 3 is 2.88 bits per heavy atom. The molecule has 2 heterocycles. The van der Waals surface area contributed by atoms with E-state index in [2.05, 4.69) is 25.5 Å². The third-order valence-electron chi connectivity index (χ3n) is 3.32. The molecule has 8 nitrogen and oxygen atoms in total. The monoisotopic (exact) mass is 359 g/mol. The summed E-state index contributed by atoms with van der Waals surface area (Å²) in [5, 5.41) is 11.0. The number of carbonyl (C=O) groups is 1. The zero-order valence-corrected chi connectivity index (χ0v) is 14.2. The summed E-state index contributed by atoms with van der Waals surface area (Å²) >= 11 is 6.05. The van der Waals surface area contributed by atoms with Gasteiger partial charge in [0, 0.05) is 23.5 Å². The Hall–Kier alpha value is -3.00. The molecule has 9 heteroatoms. The van der Waals surface area contributed by atoms with E-state index in [1.54, 1.807) is 12.1 Å². The van der Waals surface area contributed by atoms with Gasteiger partial charge in [0.1, 0.15) is 17.9 Å². The zero-order chi connectivity index (χ0) is 17.8. The first kappa shape index (κ1) is 16.8. The lowest BCUT2D eigenvalue weighted by Gasteiger charge is -2.11. The Morgan fingerprint density at radius 1 is 1.32 bits per heavy atom. The maximum Gasteiger partial charge on any atom is 0.267 e. The van der Waals surface area contributed by atoms with Crippen molar-refractivity contribution < 1.29 is 13.9 Å². The number of halogens is 1. The van der Waals surface area contributed by atoms with E-state index in [0.29, 0.717) is 22.2 Å². The lowest BCUT2D eigenvalue weighted by atomic mass is 10.2. The van der Waals surface area contributed by atoms with E-state index in [9.17, 15) is 4.79 Å². The second kappa shape index (κ2) is 7.27. The van der Waals surface area contributed by atoms with Crippen LogP contribution in [0, 0.1) is 6.92 Å². The minimum absolute atomic E-state index is 0.0852. The molecule has 25 heavy (non-hydrogen) atoms. The number of nitrogens with one attached hydrogen (secondary N) is 1. The van der Waals surface area contributed by atoms with Gasteiger partial charge in [-0.1, -0.05) is 11.6 Å². The van der Waals surface area contributed by atoms with Gasteiger partial charge in [0.15, 0.2) is 0 Å². The molecule has 0 saturated carbocycles. The van der Waals surface area contributed by atoms with E-state index >= 15 is 0 Å². The lowest BCUT2D eigenvalue weighted by molar-refractivity contribution is -0.115. The maximum absolute atomic E-state index is 12.2. The lowest BCUT2D eigenvalue weighted by Crippen LogP contribution is -2.15. The molecule has 0 radical (unpaired) electrons. The molecule has 0 bridgehead atoms. The van der Waals surface area contributed by atoms with Crippen molar-refractivity contribution in [2.75, 3.05) is 12.4 Å². The molecule has 0 unspecified atom stereocenters. The Morgan fingerprint density at radius 2 is 2.16 bits per heavy atom. The Labute approximate surface area is 148 Å². The minimum atomic E-state index is -0.325. The van der Waals surface area contributed by atoms with Gasteiger partial charge in [0.05, 0.1) is 19.0 Å². The van der Waals surface area contributed by atoms with Crippen molar-refractivity contribution in [2.24, 2.45) is 0 Å². The van der Waals surface area contributed by atoms with Gasteiger partial charge in [-0.15, -0.1) is 10.2 Å². The van der Waals surface area contributed by atoms with Crippen molar-refractivity contribution in [3.63, 3.8) is 0 Å². The molecule has 0 aliphatic carbocycles. The van der Waals surface area contributed by atoms with Crippen molar-refractivity contribution in [1.82, 2.24) is 20.2 Å². The van der Waals surface area contributed by atoms with Crippen LogP contribution in [0.1, 0.15) is 11.5 Å². The van der Waals surface area contributed by atoms with Crippen LogP contribution in [0.3, 0.4) is 0 Å². The summed E-state index contributed by atoms with van der Waals surface area (Å²) in [4.78, 5) is 20.2. The first-order chi connectivity index (χ1) is 12.1. The number of hydrogen-bond donors (Lipinski definition) is 1. The van der Waals surface area contributed by atoms with Crippen LogP contribution in [0.5, 0.6) is 5.75 Å². The highest BCUT2D eigenvalue weighted by Gasteiger charge is 2.15. The second-order valence-corrected chi connectivity index (χ2v) is 5.53. The summed E-state index contributed by atoms with van der Waals surface area (Å²) in [6, 6.07) is 3.38. The third kappa shape index (κ3) is 3.92. The second-order valence-electron chi connectivity index (χ2n) is 5.12. The summed E-state index contributed by atoms with van der Waals surface area (Å²) in [6.07, 6.45) is 4.47. The molecule has 1 N–H and O–H groups in total. The van der Waals surface area contributed by atoms with Gasteiger partial charge in [0.2, 0.25) is 11.8 Å². The number of hydrogen-bond acceptors (Lipinski definition) is 7. The number of amides is 1. The van der Waals surface area contributed by atoms with Crippen LogP contribution >= 0.6 is 11.6 Å². The first-order valence-corrected chi connectivity index (χ1v) is 7.67. The SMILES string of the molecule is COc1cc(Cl)c(C)cc1NC(=O)Cc1nnc(-c2cnccn2)o1. The average molecular weight is 360 g/mol. The number of benzene rings is 1. The van der Waals surface area contributed by atoms with Crippen LogP contribution in [0.2, 0.25) is 5.02 Å². The minimum Gasteiger partial charge on any atom is -0.495 e. The van der Waals surface area contributed by atoms with Crippen LogP contribution in [-0.4, -0.2) is 33.2 Å². The summed E-state index contributed by atoms with van der Waals surface area (Å²) in [5.41, 5.74) is 1.78. The van der Waals surface area contributed by atoms with Gasteiger partial charge in [-0.3, -0.25) is 9.78 Å². The number of nitrogens with zero attached hydrogens (tertiary/aromatic N) is 4. The molecule has 0 aliphatic rings. The van der Waals surface area contributed by atoms with E-state index in [0.717, 1.165) is 5.56 Å². The third-order valence-corrected chi connectivity index (χ3v) is 3.72. The van der Waals surface area contributed by atoms with Crippen molar-refractivity contribution in [3.05, 3.63) is 47.2 Å². The van der Waals surface area contributed by atoms with E-state index in [-0.39, 0.29) is 24.1 Å². The number of aromatic nitrogens is 4. The molecule has 0 atom stereocenters. The highest BCUT2D eigenvalue weighted by atomic mass is 35.5. The van der Waals surface area contributed by atoms with Crippen molar-refractivity contribution in [3.8, 4) is 17.3 Å². The quantitative estimate of drug-likeness (QED) is 0.746. The number of carbonyl (C=O) groups excluding carboxylic acids is 1. The van der Waals surface area contributed by atoms with Crippen molar-refractivity contribution >= 4 is 23.2 Å². The smallest absolute Gasteiger partial charge is 0.267 e.